The highest BCUT2D eigenvalue weighted by atomic mass is 19.1. The van der Waals surface area contributed by atoms with Crippen molar-refractivity contribution in [1.29, 1.82) is 0 Å². The van der Waals surface area contributed by atoms with Gasteiger partial charge in [-0.05, 0) is 43.5 Å². The van der Waals surface area contributed by atoms with Crippen LogP contribution in [0.3, 0.4) is 0 Å². The van der Waals surface area contributed by atoms with Crippen molar-refractivity contribution in [2.45, 2.75) is 50.7 Å². The molecule has 1 aliphatic rings. The van der Waals surface area contributed by atoms with E-state index in [1.807, 2.05) is 13.0 Å². The minimum atomic E-state index is -0.709. The Hall–Kier alpha value is -1.13. The summed E-state index contributed by atoms with van der Waals surface area (Å²) in [4.78, 5) is 0. The lowest BCUT2D eigenvalue weighted by Crippen LogP contribution is -2.33. The van der Waals surface area contributed by atoms with Crippen LogP contribution in [0.2, 0.25) is 0 Å². The number of benzene rings is 1. The average Bonchev–Trinajstić information content (AvgIpc) is 2.72. The molecule has 106 valence electrons. The van der Waals surface area contributed by atoms with Gasteiger partial charge in [-0.2, -0.15) is 0 Å². The minimum Gasteiger partial charge on any atom is -0.391 e. The van der Waals surface area contributed by atoms with Gasteiger partial charge in [-0.1, -0.05) is 12.8 Å². The molecular formula is C15H22FNO2. The van der Waals surface area contributed by atoms with E-state index in [1.54, 1.807) is 0 Å². The topological polar surface area (TPSA) is 52.5 Å². The van der Waals surface area contributed by atoms with Gasteiger partial charge in [0.15, 0.2) is 0 Å². The Balaban J connectivity index is 1.84. The molecule has 1 saturated carbocycles. The second-order valence-corrected chi connectivity index (χ2v) is 5.69. The lowest BCUT2D eigenvalue weighted by Gasteiger charge is -2.25. The fraction of sp³-hybridized carbons (Fsp3) is 0.600. The van der Waals surface area contributed by atoms with Gasteiger partial charge in [0.2, 0.25) is 0 Å². The van der Waals surface area contributed by atoms with Crippen LogP contribution >= 0.6 is 0 Å². The zero-order chi connectivity index (χ0) is 13.9. The van der Waals surface area contributed by atoms with Gasteiger partial charge in [0.1, 0.15) is 5.82 Å². The van der Waals surface area contributed by atoms with Crippen LogP contribution in [0.5, 0.6) is 0 Å². The van der Waals surface area contributed by atoms with E-state index in [1.165, 1.54) is 12.1 Å². The highest BCUT2D eigenvalue weighted by molar-refractivity contribution is 5.46. The largest absolute Gasteiger partial charge is 0.391 e. The molecule has 3 nitrogen and oxygen atoms in total. The smallest absolute Gasteiger partial charge is 0.125 e. The van der Waals surface area contributed by atoms with Crippen LogP contribution in [0.25, 0.3) is 0 Å². The number of aliphatic hydroxyl groups excluding tert-OH is 1. The number of hydrogen-bond donors (Lipinski definition) is 3. The highest BCUT2D eigenvalue weighted by Crippen LogP contribution is 2.33. The zero-order valence-electron chi connectivity index (χ0n) is 11.3. The summed E-state index contributed by atoms with van der Waals surface area (Å²) in [7, 11) is 0. The quantitative estimate of drug-likeness (QED) is 0.768. The Morgan fingerprint density at radius 1 is 1.32 bits per heavy atom. The molecule has 4 heteroatoms. The first-order valence-corrected chi connectivity index (χ1v) is 6.88. The third kappa shape index (κ3) is 4.18. The molecule has 0 spiro atoms. The Morgan fingerprint density at radius 3 is 2.63 bits per heavy atom. The first kappa shape index (κ1) is 14.3. The standard InChI is InChI=1S/C15H22FNO2/c1-11-6-12(16)8-13(7-11)17-10-14(18)9-15(19)4-2-3-5-15/h6-8,14,17-19H,2-5,9-10H2,1H3. The predicted molar refractivity (Wildman–Crippen MR) is 73.7 cm³/mol. The van der Waals surface area contributed by atoms with Crippen molar-refractivity contribution in [2.75, 3.05) is 11.9 Å². The molecule has 0 bridgehead atoms. The number of rotatable bonds is 5. The van der Waals surface area contributed by atoms with Crippen LogP contribution in [-0.2, 0) is 0 Å². The van der Waals surface area contributed by atoms with E-state index in [0.717, 1.165) is 31.2 Å². The van der Waals surface area contributed by atoms with Crippen LogP contribution in [-0.4, -0.2) is 28.5 Å². The van der Waals surface area contributed by atoms with Gasteiger partial charge in [0.05, 0.1) is 11.7 Å². The molecule has 1 unspecified atom stereocenters. The molecular weight excluding hydrogens is 245 g/mol. The maximum absolute atomic E-state index is 13.2. The second kappa shape index (κ2) is 5.88. The summed E-state index contributed by atoms with van der Waals surface area (Å²) in [5.41, 5.74) is 0.792. The van der Waals surface area contributed by atoms with Crippen molar-refractivity contribution in [3.8, 4) is 0 Å². The number of halogens is 1. The van der Waals surface area contributed by atoms with Gasteiger partial charge >= 0.3 is 0 Å². The molecule has 0 saturated heterocycles. The van der Waals surface area contributed by atoms with Crippen molar-refractivity contribution < 1.29 is 14.6 Å². The van der Waals surface area contributed by atoms with E-state index in [-0.39, 0.29) is 5.82 Å². The minimum absolute atomic E-state index is 0.286. The average molecular weight is 267 g/mol. The molecule has 1 aromatic carbocycles. The molecule has 0 heterocycles. The predicted octanol–water partition coefficient (Wildman–Crippen LogP) is 2.60. The zero-order valence-corrected chi connectivity index (χ0v) is 11.3. The molecule has 19 heavy (non-hydrogen) atoms. The van der Waals surface area contributed by atoms with Crippen LogP contribution in [0.1, 0.15) is 37.7 Å². The Kier molecular flexibility index (Phi) is 4.42. The Labute approximate surface area is 113 Å². The van der Waals surface area contributed by atoms with Crippen molar-refractivity contribution in [2.24, 2.45) is 0 Å². The third-order valence-corrected chi connectivity index (χ3v) is 3.73. The monoisotopic (exact) mass is 267 g/mol. The van der Waals surface area contributed by atoms with Crippen molar-refractivity contribution in [3.63, 3.8) is 0 Å². The van der Waals surface area contributed by atoms with Crippen LogP contribution in [0.15, 0.2) is 18.2 Å². The number of hydrogen-bond acceptors (Lipinski definition) is 3. The van der Waals surface area contributed by atoms with Gasteiger partial charge in [-0.3, -0.25) is 0 Å². The number of nitrogens with one attached hydrogen (secondary N) is 1. The number of aliphatic hydroxyl groups is 2. The van der Waals surface area contributed by atoms with Gasteiger partial charge in [0, 0.05) is 18.7 Å². The highest BCUT2D eigenvalue weighted by Gasteiger charge is 2.33. The summed E-state index contributed by atoms with van der Waals surface area (Å²) in [5.74, 6) is -0.286. The first-order valence-electron chi connectivity index (χ1n) is 6.88. The summed E-state index contributed by atoms with van der Waals surface area (Å²) < 4.78 is 13.2. The number of aryl methyl sites for hydroxylation is 1. The van der Waals surface area contributed by atoms with E-state index in [4.69, 9.17) is 0 Å². The van der Waals surface area contributed by atoms with Gasteiger partial charge in [0.25, 0.3) is 0 Å². The van der Waals surface area contributed by atoms with Gasteiger partial charge in [-0.25, -0.2) is 4.39 Å². The summed E-state index contributed by atoms with van der Waals surface area (Å²) in [5, 5.41) is 23.2. The van der Waals surface area contributed by atoms with Crippen LogP contribution < -0.4 is 5.32 Å². The van der Waals surface area contributed by atoms with Crippen LogP contribution in [0.4, 0.5) is 10.1 Å². The molecule has 0 aromatic heterocycles. The normalized spacial score (nSPS) is 19.4. The van der Waals surface area contributed by atoms with E-state index in [9.17, 15) is 14.6 Å². The molecule has 3 N–H and O–H groups in total. The summed E-state index contributed by atoms with van der Waals surface area (Å²) in [6, 6.07) is 4.70. The molecule has 1 aromatic rings. The molecule has 1 atom stereocenters. The SMILES string of the molecule is Cc1cc(F)cc(NCC(O)CC2(O)CCCC2)c1. The van der Waals surface area contributed by atoms with Crippen LogP contribution in [0, 0.1) is 12.7 Å². The van der Waals surface area contributed by atoms with Crippen molar-refractivity contribution in [1.82, 2.24) is 0 Å². The number of anilines is 1. The molecule has 1 aliphatic carbocycles. The van der Waals surface area contributed by atoms with Crippen molar-refractivity contribution >= 4 is 5.69 Å². The van der Waals surface area contributed by atoms with E-state index in [0.29, 0.717) is 18.7 Å². The molecule has 0 aliphatic heterocycles. The summed E-state index contributed by atoms with van der Waals surface area (Å²) in [6.45, 7) is 2.15. The maximum Gasteiger partial charge on any atom is 0.125 e. The second-order valence-electron chi connectivity index (χ2n) is 5.69. The summed E-state index contributed by atoms with van der Waals surface area (Å²) in [6.07, 6.45) is 3.35. The van der Waals surface area contributed by atoms with Gasteiger partial charge < -0.3 is 15.5 Å². The molecule has 0 radical (unpaired) electrons. The maximum atomic E-state index is 13.2. The molecule has 2 rings (SSSR count). The fourth-order valence-electron chi connectivity index (χ4n) is 2.82. The van der Waals surface area contributed by atoms with Crippen molar-refractivity contribution in [3.05, 3.63) is 29.6 Å². The van der Waals surface area contributed by atoms with Gasteiger partial charge in [-0.15, -0.1) is 0 Å². The lowest BCUT2D eigenvalue weighted by molar-refractivity contribution is -0.00154. The lowest BCUT2D eigenvalue weighted by atomic mass is 9.94. The molecule has 1 fully saturated rings. The van der Waals surface area contributed by atoms with E-state index >= 15 is 0 Å². The van der Waals surface area contributed by atoms with E-state index < -0.39 is 11.7 Å². The third-order valence-electron chi connectivity index (χ3n) is 3.73. The fourth-order valence-corrected chi connectivity index (χ4v) is 2.82. The Bertz CT molecular complexity index is 410. The first-order chi connectivity index (χ1) is 8.97. The molecule has 0 amide bonds. The Morgan fingerprint density at radius 2 is 2.00 bits per heavy atom. The summed E-state index contributed by atoms with van der Waals surface area (Å²) >= 11 is 0. The van der Waals surface area contributed by atoms with E-state index in [2.05, 4.69) is 5.32 Å².